The summed E-state index contributed by atoms with van der Waals surface area (Å²) in [6, 6.07) is 53.3. The molecule has 0 heterocycles. The smallest absolute Gasteiger partial charge is 0.0464 e. The Morgan fingerprint density at radius 2 is 0.625 bits per heavy atom. The zero-order chi connectivity index (χ0) is 34.1. The maximum atomic E-state index is 2.34. The van der Waals surface area contributed by atoms with E-state index >= 15 is 0 Å². The van der Waals surface area contributed by atoms with Crippen LogP contribution < -0.4 is 9.80 Å². The lowest BCUT2D eigenvalue weighted by atomic mass is 9.87. The second-order valence-corrected chi connectivity index (χ2v) is 15.0. The third-order valence-corrected chi connectivity index (χ3v) is 9.09. The Balaban J connectivity index is 1.32. The Bertz CT molecular complexity index is 1820. The SMILES string of the molecule is Cc1cccc(N(c2ccc(-c3ccc(N(c4ccc(C(C)(C)C)cc4)c4cccc(C)c4)cc3)cc2)c2ccc(C(C)(C)C)cc2)c1. The molecule has 0 fully saturated rings. The van der Waals surface area contributed by atoms with Gasteiger partial charge in [0.25, 0.3) is 0 Å². The first-order valence-corrected chi connectivity index (χ1v) is 17.0. The molecule has 0 amide bonds. The highest BCUT2D eigenvalue weighted by Gasteiger charge is 2.18. The molecule has 0 saturated carbocycles. The molecule has 0 aliphatic carbocycles. The predicted octanol–water partition coefficient (Wildman–Crippen LogP) is 13.5. The van der Waals surface area contributed by atoms with E-state index in [1.807, 2.05) is 0 Å². The van der Waals surface area contributed by atoms with E-state index in [9.17, 15) is 0 Å². The molecular weight excluding hydrogens is 581 g/mol. The van der Waals surface area contributed by atoms with Gasteiger partial charge in [0.15, 0.2) is 0 Å². The highest BCUT2D eigenvalue weighted by molar-refractivity contribution is 5.81. The van der Waals surface area contributed by atoms with Gasteiger partial charge in [-0.25, -0.2) is 0 Å². The molecule has 0 radical (unpaired) electrons. The van der Waals surface area contributed by atoms with Gasteiger partial charge in [-0.15, -0.1) is 0 Å². The summed E-state index contributed by atoms with van der Waals surface area (Å²) in [6.45, 7) is 17.9. The van der Waals surface area contributed by atoms with E-state index in [-0.39, 0.29) is 10.8 Å². The zero-order valence-corrected chi connectivity index (χ0v) is 29.8. The second-order valence-electron chi connectivity index (χ2n) is 15.0. The molecule has 0 aliphatic heterocycles. The van der Waals surface area contributed by atoms with Gasteiger partial charge >= 0.3 is 0 Å². The van der Waals surface area contributed by atoms with Crippen molar-refractivity contribution in [3.05, 3.63) is 168 Å². The van der Waals surface area contributed by atoms with Gasteiger partial charge in [-0.2, -0.15) is 0 Å². The monoisotopic (exact) mass is 628 g/mol. The van der Waals surface area contributed by atoms with Gasteiger partial charge in [-0.05, 0) is 131 Å². The van der Waals surface area contributed by atoms with E-state index in [0.29, 0.717) is 0 Å². The molecule has 0 aliphatic rings. The summed E-state index contributed by atoms with van der Waals surface area (Å²) in [5, 5.41) is 0. The lowest BCUT2D eigenvalue weighted by Crippen LogP contribution is -2.13. The average Bonchev–Trinajstić information content (AvgIpc) is 3.06. The van der Waals surface area contributed by atoms with Gasteiger partial charge in [-0.3, -0.25) is 0 Å². The fourth-order valence-electron chi connectivity index (χ4n) is 6.26. The molecule has 2 heteroatoms. The topological polar surface area (TPSA) is 6.48 Å². The molecule has 0 atom stereocenters. The largest absolute Gasteiger partial charge is 0.310 e. The Hall–Kier alpha value is -5.08. The first-order valence-electron chi connectivity index (χ1n) is 17.0. The van der Waals surface area contributed by atoms with Crippen molar-refractivity contribution in [2.45, 2.75) is 66.2 Å². The molecule has 242 valence electrons. The summed E-state index contributed by atoms with van der Waals surface area (Å²) in [4.78, 5) is 4.69. The number of anilines is 6. The number of aryl methyl sites for hydroxylation is 2. The van der Waals surface area contributed by atoms with Gasteiger partial charge in [0.05, 0.1) is 0 Å². The van der Waals surface area contributed by atoms with E-state index in [1.165, 1.54) is 33.4 Å². The van der Waals surface area contributed by atoms with Crippen LogP contribution in [-0.2, 0) is 10.8 Å². The summed E-state index contributed by atoms with van der Waals surface area (Å²) >= 11 is 0. The minimum absolute atomic E-state index is 0.109. The highest BCUT2D eigenvalue weighted by Crippen LogP contribution is 2.39. The van der Waals surface area contributed by atoms with Crippen LogP contribution in [-0.4, -0.2) is 0 Å². The number of hydrogen-bond donors (Lipinski definition) is 0. The van der Waals surface area contributed by atoms with Crippen LogP contribution in [0.2, 0.25) is 0 Å². The summed E-state index contributed by atoms with van der Waals surface area (Å²) in [5.41, 5.74) is 14.6. The predicted molar refractivity (Wildman–Crippen MR) is 208 cm³/mol. The molecule has 0 saturated heterocycles. The van der Waals surface area contributed by atoms with Crippen molar-refractivity contribution in [3.63, 3.8) is 0 Å². The van der Waals surface area contributed by atoms with E-state index in [2.05, 4.69) is 211 Å². The van der Waals surface area contributed by atoms with Gasteiger partial charge in [0.1, 0.15) is 0 Å². The van der Waals surface area contributed by atoms with Crippen molar-refractivity contribution in [2.75, 3.05) is 9.80 Å². The maximum absolute atomic E-state index is 2.34. The molecule has 6 aromatic carbocycles. The normalized spacial score (nSPS) is 11.8. The second kappa shape index (κ2) is 13.2. The Morgan fingerprint density at radius 3 is 0.896 bits per heavy atom. The molecular formula is C46H48N2. The van der Waals surface area contributed by atoms with Crippen molar-refractivity contribution in [1.29, 1.82) is 0 Å². The molecule has 2 nitrogen and oxygen atoms in total. The summed E-state index contributed by atoms with van der Waals surface area (Å²) in [7, 11) is 0. The van der Waals surface area contributed by atoms with Crippen LogP contribution in [0.4, 0.5) is 34.1 Å². The quantitative estimate of drug-likeness (QED) is 0.174. The Morgan fingerprint density at radius 1 is 0.333 bits per heavy atom. The summed E-state index contributed by atoms with van der Waals surface area (Å²) < 4.78 is 0. The fourth-order valence-corrected chi connectivity index (χ4v) is 6.26. The standard InChI is InChI=1S/C46H48N2/c1-33-11-9-13-43(31-33)47(41-27-19-37(20-28-41)45(3,4)5)39-23-15-35(16-24-39)36-17-25-40(26-18-36)48(44-14-10-12-34(2)32-44)42-29-21-38(22-30-42)46(6,7)8/h9-32H,1-8H3. The van der Waals surface area contributed by atoms with Gasteiger partial charge in [0.2, 0.25) is 0 Å². The van der Waals surface area contributed by atoms with Crippen molar-refractivity contribution in [2.24, 2.45) is 0 Å². The lowest BCUT2D eigenvalue weighted by molar-refractivity contribution is 0.590. The van der Waals surface area contributed by atoms with E-state index in [0.717, 1.165) is 34.1 Å². The first-order chi connectivity index (χ1) is 22.9. The fraction of sp³-hybridized carbons (Fsp3) is 0.217. The van der Waals surface area contributed by atoms with Crippen molar-refractivity contribution in [1.82, 2.24) is 0 Å². The van der Waals surface area contributed by atoms with Crippen molar-refractivity contribution >= 4 is 34.1 Å². The van der Waals surface area contributed by atoms with Crippen LogP contribution in [0, 0.1) is 13.8 Å². The molecule has 6 aromatic rings. The molecule has 0 N–H and O–H groups in total. The summed E-state index contributed by atoms with van der Waals surface area (Å²) in [6.07, 6.45) is 0. The summed E-state index contributed by atoms with van der Waals surface area (Å²) in [5.74, 6) is 0. The van der Waals surface area contributed by atoms with Gasteiger partial charge < -0.3 is 9.80 Å². The molecule has 0 aromatic heterocycles. The molecule has 0 bridgehead atoms. The maximum Gasteiger partial charge on any atom is 0.0464 e. The lowest BCUT2D eigenvalue weighted by Gasteiger charge is -2.28. The minimum atomic E-state index is 0.109. The molecule has 0 spiro atoms. The number of rotatable bonds is 7. The van der Waals surface area contributed by atoms with Crippen LogP contribution in [0.15, 0.2) is 146 Å². The van der Waals surface area contributed by atoms with Crippen LogP contribution in [0.5, 0.6) is 0 Å². The van der Waals surface area contributed by atoms with Crippen molar-refractivity contribution < 1.29 is 0 Å². The first kappa shape index (κ1) is 32.8. The van der Waals surface area contributed by atoms with Crippen LogP contribution in [0.25, 0.3) is 11.1 Å². The van der Waals surface area contributed by atoms with E-state index in [4.69, 9.17) is 0 Å². The average molecular weight is 629 g/mol. The minimum Gasteiger partial charge on any atom is -0.310 e. The number of benzene rings is 6. The van der Waals surface area contributed by atoms with Crippen molar-refractivity contribution in [3.8, 4) is 11.1 Å². The van der Waals surface area contributed by atoms with Gasteiger partial charge in [-0.1, -0.05) is 114 Å². The zero-order valence-electron chi connectivity index (χ0n) is 29.8. The van der Waals surface area contributed by atoms with E-state index < -0.39 is 0 Å². The van der Waals surface area contributed by atoms with Gasteiger partial charge in [0, 0.05) is 34.1 Å². The van der Waals surface area contributed by atoms with Crippen LogP contribution in [0.3, 0.4) is 0 Å². The molecule has 6 rings (SSSR count). The number of hydrogen-bond acceptors (Lipinski definition) is 2. The number of nitrogens with zero attached hydrogens (tertiary/aromatic N) is 2. The highest BCUT2D eigenvalue weighted by atomic mass is 15.1. The Labute approximate surface area is 288 Å². The van der Waals surface area contributed by atoms with E-state index in [1.54, 1.807) is 0 Å². The van der Waals surface area contributed by atoms with Crippen LogP contribution >= 0.6 is 0 Å². The molecule has 0 unspecified atom stereocenters. The van der Waals surface area contributed by atoms with Crippen LogP contribution in [0.1, 0.15) is 63.8 Å². The third kappa shape index (κ3) is 7.24. The Kier molecular flexibility index (Phi) is 9.03. The third-order valence-electron chi connectivity index (χ3n) is 9.09. The molecule has 48 heavy (non-hydrogen) atoms.